The summed E-state index contributed by atoms with van der Waals surface area (Å²) in [5.41, 5.74) is 0.954. The number of piperidine rings is 1. The van der Waals surface area contributed by atoms with Gasteiger partial charge in [0.1, 0.15) is 5.82 Å². The minimum Gasteiger partial charge on any atom is -0.363 e. The number of nitrogens with one attached hydrogen (secondary N) is 2. The molecule has 1 aromatic heterocycles. The zero-order chi connectivity index (χ0) is 14.5. The molecule has 2 N–H and O–H groups in total. The van der Waals surface area contributed by atoms with Gasteiger partial charge in [-0.15, -0.1) is 0 Å². The van der Waals surface area contributed by atoms with E-state index in [2.05, 4.69) is 32.4 Å². The molecule has 1 aliphatic rings. The molecule has 0 aromatic carbocycles. The molecule has 0 saturated carbocycles. The van der Waals surface area contributed by atoms with Crippen molar-refractivity contribution >= 4 is 29.1 Å². The van der Waals surface area contributed by atoms with Crippen molar-refractivity contribution in [3.8, 4) is 0 Å². The zero-order valence-electron chi connectivity index (χ0n) is 12.4. The van der Waals surface area contributed by atoms with Crippen molar-refractivity contribution in [2.24, 2.45) is 5.92 Å². The molecular weight excluding hydrogens is 270 g/mol. The highest BCUT2D eigenvalue weighted by Crippen LogP contribution is 2.22. The summed E-state index contributed by atoms with van der Waals surface area (Å²) in [6.45, 7) is 9.20. The number of hydrogen-bond acceptors (Lipinski definition) is 4. The van der Waals surface area contributed by atoms with Crippen molar-refractivity contribution in [3.63, 3.8) is 0 Å². The van der Waals surface area contributed by atoms with Crippen LogP contribution in [-0.4, -0.2) is 34.7 Å². The molecule has 0 radical (unpaired) electrons. The molecule has 0 aliphatic carbocycles. The molecule has 0 amide bonds. The van der Waals surface area contributed by atoms with Gasteiger partial charge in [-0.05, 0) is 44.8 Å². The maximum atomic E-state index is 5.18. The number of aryl methyl sites for hydroxylation is 1. The molecule has 0 unspecified atom stereocenters. The summed E-state index contributed by atoms with van der Waals surface area (Å²) in [6, 6.07) is 2.04. The van der Waals surface area contributed by atoms with Crippen LogP contribution in [0.4, 0.5) is 11.8 Å². The Kier molecular flexibility index (Phi) is 5.11. The van der Waals surface area contributed by atoms with E-state index in [4.69, 9.17) is 12.2 Å². The molecule has 5 nitrogen and oxygen atoms in total. The highest BCUT2D eigenvalue weighted by Gasteiger charge is 2.18. The summed E-state index contributed by atoms with van der Waals surface area (Å²) in [7, 11) is 0. The van der Waals surface area contributed by atoms with Gasteiger partial charge in [0, 0.05) is 31.4 Å². The van der Waals surface area contributed by atoms with Gasteiger partial charge in [0.05, 0.1) is 0 Å². The highest BCUT2D eigenvalue weighted by atomic mass is 32.1. The van der Waals surface area contributed by atoms with Crippen LogP contribution in [0.1, 0.15) is 32.4 Å². The largest absolute Gasteiger partial charge is 0.363 e. The summed E-state index contributed by atoms with van der Waals surface area (Å²) in [5, 5.41) is 6.66. The van der Waals surface area contributed by atoms with Crippen LogP contribution in [0.5, 0.6) is 0 Å². The quantitative estimate of drug-likeness (QED) is 0.834. The van der Waals surface area contributed by atoms with E-state index in [1.807, 2.05) is 19.9 Å². The van der Waals surface area contributed by atoms with Crippen molar-refractivity contribution in [2.45, 2.75) is 33.6 Å². The van der Waals surface area contributed by atoms with Crippen molar-refractivity contribution in [2.75, 3.05) is 29.9 Å². The second kappa shape index (κ2) is 6.83. The smallest absolute Gasteiger partial charge is 0.231 e. The molecule has 2 rings (SSSR count). The van der Waals surface area contributed by atoms with Crippen molar-refractivity contribution in [3.05, 3.63) is 11.8 Å². The third-order valence-corrected chi connectivity index (χ3v) is 3.63. The highest BCUT2D eigenvalue weighted by molar-refractivity contribution is 7.80. The van der Waals surface area contributed by atoms with E-state index in [1.165, 1.54) is 12.8 Å². The van der Waals surface area contributed by atoms with Crippen LogP contribution in [0.3, 0.4) is 0 Å². The Balaban J connectivity index is 2.13. The Bertz CT molecular complexity index is 477. The van der Waals surface area contributed by atoms with Crippen LogP contribution >= 0.6 is 12.2 Å². The SMILES string of the molecule is CCNC(=S)Nc1nc(C)cc(N2CCC[C@@H](C)C2)n1. The molecule has 0 bridgehead atoms. The number of rotatable bonds is 3. The Morgan fingerprint density at radius 1 is 1.50 bits per heavy atom. The predicted octanol–water partition coefficient (Wildman–Crippen LogP) is 2.33. The molecule has 6 heteroatoms. The first-order valence-corrected chi connectivity index (χ1v) is 7.64. The van der Waals surface area contributed by atoms with E-state index in [0.717, 1.165) is 37.1 Å². The average molecular weight is 293 g/mol. The van der Waals surface area contributed by atoms with E-state index in [1.54, 1.807) is 0 Å². The molecule has 1 aromatic rings. The lowest BCUT2D eigenvalue weighted by Crippen LogP contribution is -2.35. The fraction of sp³-hybridized carbons (Fsp3) is 0.643. The maximum absolute atomic E-state index is 5.18. The van der Waals surface area contributed by atoms with Crippen molar-refractivity contribution in [1.29, 1.82) is 0 Å². The molecule has 1 fully saturated rings. The lowest BCUT2D eigenvalue weighted by Gasteiger charge is -2.32. The number of hydrogen-bond donors (Lipinski definition) is 2. The van der Waals surface area contributed by atoms with Crippen LogP contribution < -0.4 is 15.5 Å². The normalized spacial score (nSPS) is 18.8. The van der Waals surface area contributed by atoms with Gasteiger partial charge in [-0.25, -0.2) is 4.98 Å². The standard InChI is InChI=1S/C14H23N5S/c1-4-15-14(20)18-13-16-11(3)8-12(17-13)19-7-5-6-10(2)9-19/h8,10H,4-7,9H2,1-3H3,(H2,15,16,17,18,20)/t10-/m1/s1. The average Bonchev–Trinajstić information content (AvgIpc) is 2.38. The Morgan fingerprint density at radius 3 is 3.00 bits per heavy atom. The summed E-state index contributed by atoms with van der Waals surface area (Å²) >= 11 is 5.18. The summed E-state index contributed by atoms with van der Waals surface area (Å²) < 4.78 is 0. The van der Waals surface area contributed by atoms with Crippen molar-refractivity contribution < 1.29 is 0 Å². The minimum atomic E-state index is 0.566. The van der Waals surface area contributed by atoms with Crippen LogP contribution in [0.2, 0.25) is 0 Å². The van der Waals surface area contributed by atoms with Gasteiger partial charge in [-0.3, -0.25) is 0 Å². The minimum absolute atomic E-state index is 0.566. The number of thiocarbonyl (C=S) groups is 1. The fourth-order valence-corrected chi connectivity index (χ4v) is 2.71. The van der Waals surface area contributed by atoms with Gasteiger partial charge >= 0.3 is 0 Å². The van der Waals surface area contributed by atoms with Gasteiger partial charge < -0.3 is 15.5 Å². The molecule has 110 valence electrons. The first-order chi connectivity index (χ1) is 9.58. The lowest BCUT2D eigenvalue weighted by atomic mass is 10.0. The molecule has 20 heavy (non-hydrogen) atoms. The summed E-state index contributed by atoms with van der Waals surface area (Å²) in [5.74, 6) is 2.29. The van der Waals surface area contributed by atoms with Gasteiger partial charge in [0.2, 0.25) is 5.95 Å². The van der Waals surface area contributed by atoms with E-state index < -0.39 is 0 Å². The summed E-state index contributed by atoms with van der Waals surface area (Å²) in [4.78, 5) is 11.3. The molecule has 1 aliphatic heterocycles. The fourth-order valence-electron chi connectivity index (χ4n) is 2.47. The number of anilines is 2. The third-order valence-electron chi connectivity index (χ3n) is 3.38. The first kappa shape index (κ1) is 15.0. The molecular formula is C14H23N5S. The Morgan fingerprint density at radius 2 is 2.30 bits per heavy atom. The Hall–Kier alpha value is -1.43. The van der Waals surface area contributed by atoms with Crippen LogP contribution in [0, 0.1) is 12.8 Å². The second-order valence-corrected chi connectivity index (χ2v) is 5.78. The number of aromatic nitrogens is 2. The van der Waals surface area contributed by atoms with Crippen LogP contribution in [0.15, 0.2) is 6.07 Å². The maximum Gasteiger partial charge on any atom is 0.231 e. The molecule has 1 saturated heterocycles. The molecule has 2 heterocycles. The van der Waals surface area contributed by atoms with E-state index in [0.29, 0.717) is 11.1 Å². The van der Waals surface area contributed by atoms with Crippen LogP contribution in [0.25, 0.3) is 0 Å². The van der Waals surface area contributed by atoms with Gasteiger partial charge in [0.15, 0.2) is 5.11 Å². The number of nitrogens with zero attached hydrogens (tertiary/aromatic N) is 3. The first-order valence-electron chi connectivity index (χ1n) is 7.24. The van der Waals surface area contributed by atoms with Crippen molar-refractivity contribution in [1.82, 2.24) is 15.3 Å². The zero-order valence-corrected chi connectivity index (χ0v) is 13.3. The Labute approximate surface area is 126 Å². The van der Waals surface area contributed by atoms with Gasteiger partial charge in [-0.2, -0.15) is 4.98 Å². The third kappa shape index (κ3) is 4.03. The summed E-state index contributed by atoms with van der Waals surface area (Å²) in [6.07, 6.45) is 2.53. The monoisotopic (exact) mass is 293 g/mol. The van der Waals surface area contributed by atoms with Gasteiger partial charge in [0.25, 0.3) is 0 Å². The predicted molar refractivity (Wildman–Crippen MR) is 87.3 cm³/mol. The van der Waals surface area contributed by atoms with E-state index >= 15 is 0 Å². The van der Waals surface area contributed by atoms with Gasteiger partial charge in [-0.1, -0.05) is 6.92 Å². The van der Waals surface area contributed by atoms with E-state index in [9.17, 15) is 0 Å². The lowest BCUT2D eigenvalue weighted by molar-refractivity contribution is 0.444. The topological polar surface area (TPSA) is 53.1 Å². The van der Waals surface area contributed by atoms with E-state index in [-0.39, 0.29) is 0 Å². The van der Waals surface area contributed by atoms with Crippen LogP contribution in [-0.2, 0) is 0 Å². The molecule has 1 atom stereocenters. The molecule has 0 spiro atoms. The second-order valence-electron chi connectivity index (χ2n) is 5.37.